The number of aryl methyl sites for hydroxylation is 1. The Hall–Kier alpha value is -2.09. The van der Waals surface area contributed by atoms with Crippen LogP contribution in [-0.4, -0.2) is 30.3 Å². The summed E-state index contributed by atoms with van der Waals surface area (Å²) in [7, 11) is -0.477. The molecule has 7 nitrogen and oxygen atoms in total. The second-order valence-electron chi connectivity index (χ2n) is 6.05. The van der Waals surface area contributed by atoms with Gasteiger partial charge in [-0.15, -0.1) is 0 Å². The van der Waals surface area contributed by atoms with Crippen molar-refractivity contribution in [3.8, 4) is 5.88 Å². The van der Waals surface area contributed by atoms with Gasteiger partial charge in [-0.2, -0.15) is 5.10 Å². The number of hydrogen-bond acceptors (Lipinski definition) is 5. The van der Waals surface area contributed by atoms with Gasteiger partial charge in [-0.3, -0.25) is 9.40 Å². The van der Waals surface area contributed by atoms with Gasteiger partial charge in [0.15, 0.2) is 0 Å². The molecule has 0 atom stereocenters. The van der Waals surface area contributed by atoms with Crippen molar-refractivity contribution in [3.63, 3.8) is 0 Å². The Morgan fingerprint density at radius 2 is 2.00 bits per heavy atom. The largest absolute Gasteiger partial charge is 0.481 e. The Labute approximate surface area is 142 Å². The first-order valence-electron chi connectivity index (χ1n) is 8.06. The van der Waals surface area contributed by atoms with Gasteiger partial charge in [0.1, 0.15) is 10.7 Å². The van der Waals surface area contributed by atoms with Crippen molar-refractivity contribution in [2.45, 2.75) is 42.9 Å². The maximum atomic E-state index is 12.5. The monoisotopic (exact) mass is 350 g/mol. The molecule has 2 aromatic rings. The van der Waals surface area contributed by atoms with Gasteiger partial charge < -0.3 is 4.74 Å². The minimum Gasteiger partial charge on any atom is -0.481 e. The van der Waals surface area contributed by atoms with Gasteiger partial charge in [0.05, 0.1) is 19.0 Å². The summed E-state index contributed by atoms with van der Waals surface area (Å²) >= 11 is 0. The summed E-state index contributed by atoms with van der Waals surface area (Å²) in [5.41, 5.74) is 0.961. The maximum absolute atomic E-state index is 12.5. The Kier molecular flexibility index (Phi) is 4.75. The molecule has 1 N–H and O–H groups in total. The molecule has 3 rings (SSSR count). The maximum Gasteiger partial charge on any atom is 0.264 e. The summed E-state index contributed by atoms with van der Waals surface area (Å²) in [5, 5.41) is 4.49. The number of pyridine rings is 1. The van der Waals surface area contributed by atoms with Crippen LogP contribution in [-0.2, 0) is 17.1 Å². The van der Waals surface area contributed by atoms with E-state index in [1.165, 1.54) is 44.7 Å². The minimum absolute atomic E-state index is 0.0868. The summed E-state index contributed by atoms with van der Waals surface area (Å²) < 4.78 is 34.1. The van der Waals surface area contributed by atoms with Crippen LogP contribution in [0.3, 0.4) is 0 Å². The molecule has 1 aliphatic rings. The van der Waals surface area contributed by atoms with Crippen LogP contribution < -0.4 is 9.46 Å². The van der Waals surface area contributed by atoms with Crippen molar-refractivity contribution in [1.29, 1.82) is 0 Å². The fourth-order valence-electron chi connectivity index (χ4n) is 3.03. The van der Waals surface area contributed by atoms with Crippen molar-refractivity contribution in [1.82, 2.24) is 14.8 Å². The molecular formula is C16H22N4O3S. The summed E-state index contributed by atoms with van der Waals surface area (Å²) in [6, 6.07) is 4.82. The number of hydrogen-bond donors (Lipinski definition) is 1. The van der Waals surface area contributed by atoms with Crippen LogP contribution in [0.4, 0.5) is 5.82 Å². The Balaban J connectivity index is 1.80. The van der Waals surface area contributed by atoms with Crippen molar-refractivity contribution >= 4 is 15.8 Å². The lowest BCUT2D eigenvalue weighted by Crippen LogP contribution is -2.15. The summed E-state index contributed by atoms with van der Waals surface area (Å²) in [6.45, 7) is 0. The molecule has 24 heavy (non-hydrogen) atoms. The molecule has 1 fully saturated rings. The molecule has 0 bridgehead atoms. The highest BCUT2D eigenvalue weighted by atomic mass is 32.2. The minimum atomic E-state index is -3.71. The zero-order valence-electron chi connectivity index (χ0n) is 13.9. The molecule has 2 heterocycles. The van der Waals surface area contributed by atoms with Crippen LogP contribution in [0.25, 0.3) is 0 Å². The van der Waals surface area contributed by atoms with Crippen molar-refractivity contribution < 1.29 is 13.2 Å². The lowest BCUT2D eigenvalue weighted by Gasteiger charge is -2.19. The van der Waals surface area contributed by atoms with Gasteiger partial charge >= 0.3 is 0 Å². The number of sulfonamides is 1. The van der Waals surface area contributed by atoms with Crippen molar-refractivity contribution in [2.75, 3.05) is 11.8 Å². The zero-order valence-corrected chi connectivity index (χ0v) is 14.7. The molecule has 2 aromatic heterocycles. The number of rotatable bonds is 5. The first-order chi connectivity index (χ1) is 11.5. The van der Waals surface area contributed by atoms with E-state index in [1.807, 2.05) is 6.07 Å². The van der Waals surface area contributed by atoms with E-state index in [9.17, 15) is 8.42 Å². The van der Waals surface area contributed by atoms with Gasteiger partial charge in [-0.05, 0) is 18.9 Å². The number of nitrogens with zero attached hydrogens (tertiary/aromatic N) is 3. The van der Waals surface area contributed by atoms with Gasteiger partial charge in [0.2, 0.25) is 5.88 Å². The van der Waals surface area contributed by atoms with E-state index in [1.54, 1.807) is 11.7 Å². The molecule has 0 amide bonds. The predicted molar refractivity (Wildman–Crippen MR) is 90.6 cm³/mol. The number of aromatic nitrogens is 3. The first kappa shape index (κ1) is 16.8. The molecule has 1 aliphatic carbocycles. The van der Waals surface area contributed by atoms with E-state index in [0.717, 1.165) is 18.5 Å². The third kappa shape index (κ3) is 3.53. The molecule has 0 aliphatic heterocycles. The van der Waals surface area contributed by atoms with Crippen LogP contribution in [0.1, 0.15) is 43.7 Å². The van der Waals surface area contributed by atoms with Crippen LogP contribution in [0.15, 0.2) is 29.3 Å². The highest BCUT2D eigenvalue weighted by Gasteiger charge is 2.22. The third-order valence-electron chi connectivity index (χ3n) is 4.39. The van der Waals surface area contributed by atoms with E-state index in [0.29, 0.717) is 17.6 Å². The third-order valence-corrected chi connectivity index (χ3v) is 5.73. The van der Waals surface area contributed by atoms with E-state index < -0.39 is 10.0 Å². The first-order valence-corrected chi connectivity index (χ1v) is 9.55. The standard InChI is InChI=1S/C16H22N4O3S/c1-20-15(10-14(18-20)12-6-4-3-5-7-12)19-24(21,22)13-8-9-16(23-2)17-11-13/h8-12,19H,3-7H2,1-2H3. The van der Waals surface area contributed by atoms with E-state index >= 15 is 0 Å². The molecular weight excluding hydrogens is 328 g/mol. The molecule has 0 unspecified atom stereocenters. The van der Waals surface area contributed by atoms with Gasteiger partial charge in [0.25, 0.3) is 10.0 Å². The molecule has 0 radical (unpaired) electrons. The SMILES string of the molecule is COc1ccc(S(=O)(=O)Nc2cc(C3CCCCC3)nn2C)cn1. The lowest BCUT2D eigenvalue weighted by molar-refractivity contribution is 0.397. The highest BCUT2D eigenvalue weighted by Crippen LogP contribution is 2.33. The molecule has 0 aromatic carbocycles. The fraction of sp³-hybridized carbons (Fsp3) is 0.500. The van der Waals surface area contributed by atoms with Crippen LogP contribution in [0.5, 0.6) is 5.88 Å². The van der Waals surface area contributed by atoms with Crippen molar-refractivity contribution in [3.05, 3.63) is 30.1 Å². The van der Waals surface area contributed by atoms with Gasteiger partial charge in [0, 0.05) is 25.1 Å². The van der Waals surface area contributed by atoms with E-state index in [4.69, 9.17) is 4.74 Å². The lowest BCUT2D eigenvalue weighted by atomic mass is 9.87. The fourth-order valence-corrected chi connectivity index (χ4v) is 4.05. The summed E-state index contributed by atoms with van der Waals surface area (Å²) in [4.78, 5) is 4.03. The van der Waals surface area contributed by atoms with E-state index in [-0.39, 0.29) is 4.90 Å². The zero-order chi connectivity index (χ0) is 17.2. The normalized spacial score (nSPS) is 16.1. The number of ether oxygens (including phenoxy) is 1. The topological polar surface area (TPSA) is 86.1 Å². The van der Waals surface area contributed by atoms with Crippen LogP contribution in [0.2, 0.25) is 0 Å². The van der Waals surface area contributed by atoms with E-state index in [2.05, 4.69) is 14.8 Å². The molecule has 0 saturated heterocycles. The summed E-state index contributed by atoms with van der Waals surface area (Å²) in [6.07, 6.45) is 7.20. The number of nitrogens with one attached hydrogen (secondary N) is 1. The second-order valence-corrected chi connectivity index (χ2v) is 7.74. The molecule has 130 valence electrons. The van der Waals surface area contributed by atoms with Gasteiger partial charge in [-0.1, -0.05) is 19.3 Å². The number of anilines is 1. The van der Waals surface area contributed by atoms with Gasteiger partial charge in [-0.25, -0.2) is 13.4 Å². The Bertz CT molecular complexity index is 793. The summed E-state index contributed by atoms with van der Waals surface area (Å²) in [5.74, 6) is 1.26. The van der Waals surface area contributed by atoms with Crippen LogP contribution in [0, 0.1) is 0 Å². The average Bonchev–Trinajstić information content (AvgIpc) is 2.96. The number of methoxy groups -OCH3 is 1. The molecule has 8 heteroatoms. The highest BCUT2D eigenvalue weighted by molar-refractivity contribution is 7.92. The Morgan fingerprint density at radius 3 is 2.62 bits per heavy atom. The van der Waals surface area contributed by atoms with Crippen LogP contribution >= 0.6 is 0 Å². The average molecular weight is 350 g/mol. The second kappa shape index (κ2) is 6.80. The molecule has 1 saturated carbocycles. The van der Waals surface area contributed by atoms with Crippen molar-refractivity contribution in [2.24, 2.45) is 7.05 Å². The predicted octanol–water partition coefficient (Wildman–Crippen LogP) is 2.67. The Morgan fingerprint density at radius 1 is 1.25 bits per heavy atom. The smallest absolute Gasteiger partial charge is 0.264 e. The quantitative estimate of drug-likeness (QED) is 0.896. The molecule has 0 spiro atoms.